The molecule has 5 radical (unpaired) electrons. The van der Waals surface area contributed by atoms with E-state index in [-0.39, 0.29) is 124 Å². The maximum atomic E-state index is 10.0. The SMILES string of the molecule is CC(=O)C=C(C)O.CC(=O)C=C(C)O.Cc1cc[c-]c(-c2cc(-c3ccccc3)ccn2)c1.Cc1ccc(-c2ccnc(-c3[c-]cccc3)c2)cc1.Cc1cccc(-c2ccnc(-c3[c-]cccc3)c2)c1.Cc1cccc(-c2ccnc(-c3[c-]cccc3)c2)c1.[Ir].[Ir].[Ir].[Ir].[Ir].[c-]1ccccc1-c1cc(-c2ccccc2)ccn1. The molecule has 0 fully saturated rings. The number of aliphatic hydroxyl groups is 2. The van der Waals surface area contributed by atoms with E-state index in [4.69, 9.17) is 10.2 Å². The van der Waals surface area contributed by atoms with E-state index in [1.807, 2.05) is 207 Å². The van der Waals surface area contributed by atoms with Gasteiger partial charge in [0.2, 0.25) is 0 Å². The van der Waals surface area contributed by atoms with Crippen LogP contribution in [0.3, 0.4) is 0 Å². The van der Waals surface area contributed by atoms with Crippen LogP contribution in [-0.4, -0.2) is 46.7 Å². The summed E-state index contributed by atoms with van der Waals surface area (Å²) in [5, 5.41) is 16.7. The van der Waals surface area contributed by atoms with Gasteiger partial charge in [-0.05, 0) is 163 Å². The quantitative estimate of drug-likeness (QED) is 0.0695. The number of nitrogens with zero attached hydrogens (tertiary/aromatic N) is 5. The van der Waals surface area contributed by atoms with E-state index in [0.717, 1.165) is 56.3 Å². The Morgan fingerprint density at radius 3 is 0.770 bits per heavy atom. The number of hydrogen-bond donors (Lipinski definition) is 2. The van der Waals surface area contributed by atoms with Crippen LogP contribution in [0.25, 0.3) is 112 Å². The fourth-order valence-electron chi connectivity index (χ4n) is 11.0. The third kappa shape index (κ3) is 32.7. The van der Waals surface area contributed by atoms with Crippen molar-refractivity contribution in [2.75, 3.05) is 0 Å². The summed E-state index contributed by atoms with van der Waals surface area (Å²) >= 11 is 0. The molecule has 10 aromatic carbocycles. The maximum Gasteiger partial charge on any atom is 0.155 e. The number of carbonyl (C=O) groups is 2. The summed E-state index contributed by atoms with van der Waals surface area (Å²) in [5.41, 5.74) is 26.9. The van der Waals surface area contributed by atoms with Gasteiger partial charge < -0.3 is 35.1 Å². The van der Waals surface area contributed by atoms with Gasteiger partial charge in [-0.2, -0.15) is 0 Å². The van der Waals surface area contributed by atoms with Crippen LogP contribution in [0.15, 0.2) is 364 Å². The zero-order chi connectivity index (χ0) is 76.2. The topological polar surface area (TPSA) is 139 Å². The van der Waals surface area contributed by atoms with E-state index in [0.29, 0.717) is 0 Å². The Bertz CT molecular complexity index is 4990. The predicted molar refractivity (Wildman–Crippen MR) is 443 cm³/mol. The number of aliphatic hydroxyl groups excluding tert-OH is 2. The Labute approximate surface area is 733 Å². The number of rotatable bonds is 12. The maximum absolute atomic E-state index is 10.0. The third-order valence-electron chi connectivity index (χ3n) is 16.1. The van der Waals surface area contributed by atoms with Crippen LogP contribution in [0.5, 0.6) is 0 Å². The van der Waals surface area contributed by atoms with Crippen LogP contribution in [-0.2, 0) is 110 Å². The first-order chi connectivity index (χ1) is 52.5. The molecule has 15 aromatic rings. The molecule has 0 unspecified atom stereocenters. The second-order valence-corrected chi connectivity index (χ2v) is 25.2. The number of hydrogen-bond acceptors (Lipinski definition) is 9. The molecule has 2 N–H and O–H groups in total. The Balaban J connectivity index is 0.000000282. The van der Waals surface area contributed by atoms with E-state index in [9.17, 15) is 9.59 Å². The molecule has 0 bridgehead atoms. The molecule has 0 spiro atoms. The predicted octanol–water partition coefficient (Wildman–Crippen LogP) is 24.4. The Morgan fingerprint density at radius 2 is 0.504 bits per heavy atom. The second kappa shape index (κ2) is 51.3. The number of aryl methyl sites for hydroxylation is 4. The van der Waals surface area contributed by atoms with E-state index in [2.05, 4.69) is 216 Å². The third-order valence-corrected chi connectivity index (χ3v) is 16.1. The number of carbonyl (C=O) groups excluding carboxylic acids is 2. The average molecular weight is 2370 g/mol. The van der Waals surface area contributed by atoms with E-state index >= 15 is 0 Å². The summed E-state index contributed by atoms with van der Waals surface area (Å²) in [6.45, 7) is 14.1. The molecule has 0 aliphatic carbocycles. The van der Waals surface area contributed by atoms with Gasteiger partial charge in [0, 0.05) is 144 Å². The monoisotopic (exact) mass is 2370 g/mol. The van der Waals surface area contributed by atoms with Crippen LogP contribution in [0.4, 0.5) is 0 Å². The number of allylic oxidation sites excluding steroid dienone is 4. The number of ketones is 2. The van der Waals surface area contributed by atoms with Crippen molar-refractivity contribution < 1.29 is 120 Å². The van der Waals surface area contributed by atoms with Crippen molar-refractivity contribution in [2.45, 2.75) is 55.4 Å². The van der Waals surface area contributed by atoms with Gasteiger partial charge in [0.05, 0.1) is 11.5 Å². The van der Waals surface area contributed by atoms with Gasteiger partial charge >= 0.3 is 0 Å². The average Bonchev–Trinajstić information content (AvgIpc) is 0.857. The van der Waals surface area contributed by atoms with Gasteiger partial charge in [-0.1, -0.05) is 187 Å². The van der Waals surface area contributed by atoms with Crippen molar-refractivity contribution >= 4 is 11.6 Å². The number of benzene rings is 10. The first kappa shape index (κ1) is 95.0. The Hall–Kier alpha value is -10.4. The number of pyridine rings is 5. The largest absolute Gasteiger partial charge is 0.512 e. The summed E-state index contributed by atoms with van der Waals surface area (Å²) in [4.78, 5) is 42.2. The van der Waals surface area contributed by atoms with Crippen LogP contribution >= 0.6 is 0 Å². The fraction of sp³-hybridized carbons (Fsp3) is 0.0808. The molecule has 0 aliphatic rings. The standard InChI is InChI=1S/4C18H14N.C17H12N.2C5H8O2.5Ir/c1-14-6-5-9-17(12-14)18-13-16(10-11-19-18)15-7-3-2-4-8-15;2*1-14-6-5-9-16(12-14)17-10-11-19-18(13-17)15-7-3-2-4-8-15;1-14-7-9-15(10-8-14)17-11-12-19-18(13-17)16-5-3-2-4-6-16;1-3-7-14(8-4-1)16-11-12-18-17(13-16)15-9-5-2-6-10-15;2*1-4(6)3-5(2)7;;;;;/h2-8,10-13H,1H3;2*2-7,9-13H,1H3;2-5,7-13H,1H3;1-9,11-13H;2*3,6H,1-2H3;;;;;/q5*-1;;;;;;;. The molecule has 579 valence electrons. The minimum Gasteiger partial charge on any atom is -0.512 e. The van der Waals surface area contributed by atoms with Crippen molar-refractivity contribution in [1.82, 2.24) is 24.9 Å². The Kier molecular flexibility index (Phi) is 43.1. The zero-order valence-corrected chi connectivity index (χ0v) is 75.6. The first-order valence-electron chi connectivity index (χ1n) is 35.2. The van der Waals surface area contributed by atoms with Crippen molar-refractivity contribution in [3.8, 4) is 112 Å². The van der Waals surface area contributed by atoms with Gasteiger partial charge in [-0.15, -0.1) is 179 Å². The summed E-state index contributed by atoms with van der Waals surface area (Å²) < 4.78 is 0. The molecule has 15 rings (SSSR count). The molecular formula is C99H84Ir5N5O4-5. The summed E-state index contributed by atoms with van der Waals surface area (Å²) in [5.74, 6) is -0.125. The first-order valence-corrected chi connectivity index (χ1v) is 35.2. The molecule has 14 heteroatoms. The van der Waals surface area contributed by atoms with E-state index < -0.39 is 0 Å². The summed E-state index contributed by atoms with van der Waals surface area (Å²) in [6.07, 6.45) is 11.6. The van der Waals surface area contributed by atoms with Crippen LogP contribution in [0.1, 0.15) is 49.9 Å². The summed E-state index contributed by atoms with van der Waals surface area (Å²) in [6, 6.07) is 121. The molecule has 0 saturated carbocycles. The van der Waals surface area contributed by atoms with Crippen LogP contribution in [0, 0.1) is 58.0 Å². The summed E-state index contributed by atoms with van der Waals surface area (Å²) in [7, 11) is 0. The molecule has 0 saturated heterocycles. The van der Waals surface area contributed by atoms with Crippen LogP contribution in [0.2, 0.25) is 0 Å². The van der Waals surface area contributed by atoms with Crippen molar-refractivity contribution in [2.24, 2.45) is 0 Å². The second-order valence-electron chi connectivity index (χ2n) is 25.2. The minimum atomic E-state index is -0.125. The minimum absolute atomic E-state index is 0. The van der Waals surface area contributed by atoms with Gasteiger partial charge in [-0.25, -0.2) is 0 Å². The zero-order valence-electron chi connectivity index (χ0n) is 63.6. The number of aromatic nitrogens is 5. The van der Waals surface area contributed by atoms with Gasteiger partial charge in [-0.3, -0.25) is 9.59 Å². The molecule has 9 nitrogen and oxygen atoms in total. The van der Waals surface area contributed by atoms with Gasteiger partial charge in [0.1, 0.15) is 0 Å². The van der Waals surface area contributed by atoms with Crippen LogP contribution < -0.4 is 0 Å². The van der Waals surface area contributed by atoms with E-state index in [1.165, 1.54) is 118 Å². The molecule has 0 atom stereocenters. The van der Waals surface area contributed by atoms with Crippen molar-refractivity contribution in [3.63, 3.8) is 0 Å². The fourth-order valence-corrected chi connectivity index (χ4v) is 11.0. The molecule has 5 heterocycles. The Morgan fingerprint density at radius 1 is 0.248 bits per heavy atom. The normalized spacial score (nSPS) is 10.0. The van der Waals surface area contributed by atoms with Gasteiger partial charge in [0.25, 0.3) is 0 Å². The smallest absolute Gasteiger partial charge is 0.155 e. The van der Waals surface area contributed by atoms with Crippen molar-refractivity contribution in [3.05, 3.63) is 417 Å². The molecule has 0 aliphatic heterocycles. The molecule has 5 aromatic heterocycles. The molecular weight excluding hydrogens is 2280 g/mol. The molecule has 113 heavy (non-hydrogen) atoms. The van der Waals surface area contributed by atoms with Crippen molar-refractivity contribution in [1.29, 1.82) is 0 Å². The van der Waals surface area contributed by atoms with Gasteiger partial charge in [0.15, 0.2) is 11.6 Å². The van der Waals surface area contributed by atoms with E-state index in [1.54, 1.807) is 0 Å². The molecule has 0 amide bonds.